The van der Waals surface area contributed by atoms with Crippen molar-refractivity contribution in [3.05, 3.63) is 167 Å². The first kappa shape index (κ1) is 37.8. The van der Waals surface area contributed by atoms with Crippen LogP contribution >= 0.6 is 0 Å². The van der Waals surface area contributed by atoms with E-state index in [1.165, 1.54) is 5.56 Å². The Bertz CT molecular complexity index is 3320. The molecule has 0 unspecified atom stereocenters. The number of aromatic hydroxyl groups is 1. The molecule has 0 radical (unpaired) electrons. The molecule has 0 aliphatic carbocycles. The van der Waals surface area contributed by atoms with E-state index in [2.05, 4.69) is 160 Å². The third-order valence-corrected chi connectivity index (χ3v) is 11.9. The van der Waals surface area contributed by atoms with Crippen molar-refractivity contribution in [2.45, 2.75) is 112 Å². The van der Waals surface area contributed by atoms with Gasteiger partial charge in [0, 0.05) is 48.2 Å². The maximum Gasteiger partial charge on any atom is 0.148 e. The summed E-state index contributed by atoms with van der Waals surface area (Å²) in [5, 5.41) is 12.6. The first-order valence-corrected chi connectivity index (χ1v) is 21.7. The fourth-order valence-corrected chi connectivity index (χ4v) is 8.07. The van der Waals surface area contributed by atoms with Crippen molar-refractivity contribution in [2.24, 2.45) is 0 Å². The molecule has 0 aliphatic heterocycles. The van der Waals surface area contributed by atoms with Gasteiger partial charge < -0.3 is 5.11 Å². The molecule has 5 heteroatoms. The standard InChI is InChI=1S/C59H62N3O.Pt/c1-37-22-24-38(25-23-37)40-28-29-60-50(33-40)42-30-41(31-44(32-42)57(5,6)7)46-20-17-21-52-53(46)61-55(48-35-45(58(8,9)10)36-49(54(48)63)59(11,12)13)62(52)51-27-26-43(56(2,3)4)34-47(51)39-18-15-14-16-19-39;/h14-29,31-36,63H,1-13H3;/q-1;/i1D3,22D,23D,24D,25D;. The molecular weight excluding hydrogens is 962 g/mol. The van der Waals surface area contributed by atoms with Gasteiger partial charge in [0.25, 0.3) is 0 Å². The van der Waals surface area contributed by atoms with Crippen LogP contribution in [0.2, 0.25) is 0 Å². The maximum absolute atomic E-state index is 12.6. The summed E-state index contributed by atoms with van der Waals surface area (Å²) in [4.78, 5) is 10.4. The van der Waals surface area contributed by atoms with Crippen LogP contribution in [0, 0.1) is 12.9 Å². The van der Waals surface area contributed by atoms with Crippen LogP contribution in [-0.2, 0) is 42.7 Å². The second-order valence-electron chi connectivity index (χ2n) is 20.8. The molecule has 8 rings (SSSR count). The average Bonchev–Trinajstić information content (AvgIpc) is 3.66. The van der Waals surface area contributed by atoms with E-state index < -0.39 is 42.0 Å². The maximum atomic E-state index is 12.6. The van der Waals surface area contributed by atoms with E-state index in [1.54, 1.807) is 18.3 Å². The summed E-state index contributed by atoms with van der Waals surface area (Å²) in [5.41, 5.74) is 10.4. The molecule has 0 saturated carbocycles. The van der Waals surface area contributed by atoms with E-state index >= 15 is 0 Å². The Kier molecular flexibility index (Phi) is 10.1. The van der Waals surface area contributed by atoms with E-state index in [0.29, 0.717) is 33.7 Å². The summed E-state index contributed by atoms with van der Waals surface area (Å²) in [6.07, 6.45) is 1.56. The second kappa shape index (κ2) is 17.1. The van der Waals surface area contributed by atoms with Crippen molar-refractivity contribution in [2.75, 3.05) is 0 Å². The average molecular weight is 1030 g/mol. The van der Waals surface area contributed by atoms with Gasteiger partial charge in [0.1, 0.15) is 11.6 Å². The number of imidazole rings is 1. The molecule has 8 aromatic rings. The summed E-state index contributed by atoms with van der Waals surface area (Å²) < 4.78 is 60.8. The van der Waals surface area contributed by atoms with Gasteiger partial charge >= 0.3 is 0 Å². The van der Waals surface area contributed by atoms with E-state index in [-0.39, 0.29) is 48.6 Å². The number of para-hydroxylation sites is 1. The van der Waals surface area contributed by atoms with E-state index in [4.69, 9.17) is 19.6 Å². The van der Waals surface area contributed by atoms with Crippen molar-refractivity contribution < 1.29 is 35.8 Å². The zero-order valence-corrected chi connectivity index (χ0v) is 41.3. The molecule has 330 valence electrons. The van der Waals surface area contributed by atoms with Gasteiger partial charge in [0.15, 0.2) is 0 Å². The van der Waals surface area contributed by atoms with Crippen LogP contribution < -0.4 is 0 Å². The number of nitrogens with zero attached hydrogens (tertiary/aromatic N) is 3. The van der Waals surface area contributed by atoms with Gasteiger partial charge in [-0.2, -0.15) is 0 Å². The Morgan fingerprint density at radius 3 is 1.86 bits per heavy atom. The molecule has 0 amide bonds. The van der Waals surface area contributed by atoms with Crippen LogP contribution in [0.4, 0.5) is 0 Å². The van der Waals surface area contributed by atoms with Gasteiger partial charge in [-0.3, -0.25) is 9.55 Å². The molecule has 0 saturated heterocycles. The monoisotopic (exact) mass is 1030 g/mol. The van der Waals surface area contributed by atoms with Gasteiger partial charge in [-0.15, -0.1) is 29.3 Å². The minimum atomic E-state index is -2.83. The normalized spacial score (nSPS) is 14.2. The summed E-state index contributed by atoms with van der Waals surface area (Å²) in [6.45, 7) is 23.1. The molecule has 2 aromatic heterocycles. The van der Waals surface area contributed by atoms with Crippen molar-refractivity contribution in [1.29, 1.82) is 0 Å². The summed E-state index contributed by atoms with van der Waals surface area (Å²) >= 11 is 0. The molecule has 0 atom stereocenters. The Hall–Kier alpha value is -5.57. The minimum absolute atomic E-state index is 0. The predicted molar refractivity (Wildman–Crippen MR) is 266 cm³/mol. The first-order valence-electron chi connectivity index (χ1n) is 25.2. The van der Waals surface area contributed by atoms with Crippen LogP contribution in [-0.4, -0.2) is 19.6 Å². The molecule has 2 heterocycles. The van der Waals surface area contributed by atoms with Gasteiger partial charge in [0.05, 0.1) is 27.8 Å². The van der Waals surface area contributed by atoms with Crippen molar-refractivity contribution >= 4 is 11.0 Å². The SMILES string of the molecule is [2H]c1c([2H])c(C([2H])([2H])[2H])c([2H])c([2H])c1-c1ccnc(-c2[c-]c(-c3cccc4c3nc(-c3cc(C(C)(C)C)cc(C(C)(C)C)c3O)n4-c3ccc(C(C)(C)C)cc3-c3ccccc3)cc(C(C)(C)C)c2)c1.[Pt]. The number of hydrogen-bond donors (Lipinski definition) is 1. The fraction of sp³-hybridized carbons (Fsp3) is 0.288. The van der Waals surface area contributed by atoms with Crippen LogP contribution in [0.25, 0.3) is 72.7 Å². The van der Waals surface area contributed by atoms with Crippen molar-refractivity contribution in [1.82, 2.24) is 14.5 Å². The number of benzene rings is 6. The smallest absolute Gasteiger partial charge is 0.148 e. The quantitative estimate of drug-likeness (QED) is 0.169. The Morgan fingerprint density at radius 1 is 0.578 bits per heavy atom. The largest absolute Gasteiger partial charge is 0.507 e. The molecule has 0 spiro atoms. The summed E-state index contributed by atoms with van der Waals surface area (Å²) in [5.74, 6) is 0.763. The Labute approximate surface area is 406 Å². The van der Waals surface area contributed by atoms with Gasteiger partial charge in [-0.1, -0.05) is 185 Å². The molecular formula is C59H62N3OPt-. The van der Waals surface area contributed by atoms with Gasteiger partial charge in [-0.25, -0.2) is 4.98 Å². The van der Waals surface area contributed by atoms with Crippen LogP contribution in [0.5, 0.6) is 5.75 Å². The molecule has 1 N–H and O–H groups in total. The number of phenolic OH excluding ortho intramolecular Hbond substituents is 1. The molecule has 4 nitrogen and oxygen atoms in total. The zero-order chi connectivity index (χ0) is 51.2. The minimum Gasteiger partial charge on any atom is -0.507 e. The number of fused-ring (bicyclic) bond motifs is 1. The third-order valence-electron chi connectivity index (χ3n) is 11.9. The molecule has 0 aliphatic rings. The number of hydrogen-bond acceptors (Lipinski definition) is 3. The van der Waals surface area contributed by atoms with E-state index in [0.717, 1.165) is 50.1 Å². The molecule has 64 heavy (non-hydrogen) atoms. The number of pyridine rings is 1. The van der Waals surface area contributed by atoms with Crippen LogP contribution in [0.1, 0.15) is 120 Å². The molecule has 0 fully saturated rings. The third kappa shape index (κ3) is 9.18. The summed E-state index contributed by atoms with van der Waals surface area (Å²) in [7, 11) is 0. The number of aromatic nitrogens is 3. The van der Waals surface area contributed by atoms with E-state index in [9.17, 15) is 5.11 Å². The molecule has 0 bridgehead atoms. The van der Waals surface area contributed by atoms with Crippen LogP contribution in [0.3, 0.4) is 0 Å². The van der Waals surface area contributed by atoms with E-state index in [1.807, 2.05) is 24.3 Å². The van der Waals surface area contributed by atoms with Crippen molar-refractivity contribution in [3.8, 4) is 67.5 Å². The van der Waals surface area contributed by atoms with Gasteiger partial charge in [-0.05, 0) is 86.7 Å². The topological polar surface area (TPSA) is 50.9 Å². The van der Waals surface area contributed by atoms with Crippen molar-refractivity contribution in [3.63, 3.8) is 0 Å². The summed E-state index contributed by atoms with van der Waals surface area (Å²) in [6, 6.07) is 36.4. The first-order chi connectivity index (χ1) is 32.5. The number of rotatable bonds is 6. The zero-order valence-electron chi connectivity index (χ0n) is 46.0. The van der Waals surface area contributed by atoms with Gasteiger partial charge in [0.2, 0.25) is 0 Å². The second-order valence-corrected chi connectivity index (χ2v) is 20.8. The number of phenols is 1. The predicted octanol–water partition coefficient (Wildman–Crippen LogP) is 15.8. The van der Waals surface area contributed by atoms with Crippen LogP contribution in [0.15, 0.2) is 133 Å². The molecule has 6 aromatic carbocycles. The Morgan fingerprint density at radius 2 is 1.22 bits per heavy atom. The Balaban J connectivity index is 0.00000741. The fourth-order valence-electron chi connectivity index (χ4n) is 8.07.